The summed E-state index contributed by atoms with van der Waals surface area (Å²) < 4.78 is 5.48. The number of carbonyl (C=O) groups is 2. The van der Waals surface area contributed by atoms with Crippen LogP contribution >= 0.6 is 0 Å². The average molecular weight is 454 g/mol. The third-order valence-corrected chi connectivity index (χ3v) is 6.69. The summed E-state index contributed by atoms with van der Waals surface area (Å²) >= 11 is 0. The molecule has 33 heavy (non-hydrogen) atoms. The first kappa shape index (κ1) is 23.5. The Labute approximate surface area is 195 Å². The molecule has 2 fully saturated rings. The molecule has 1 saturated carbocycles. The van der Waals surface area contributed by atoms with Crippen molar-refractivity contribution in [2.75, 3.05) is 26.2 Å². The number of fused-ring (bicyclic) bond motifs is 1. The first-order chi connectivity index (χ1) is 15.7. The molecule has 2 aliphatic rings. The lowest BCUT2D eigenvalue weighted by Gasteiger charge is -2.42. The molecule has 7 nitrogen and oxygen atoms in total. The Morgan fingerprint density at radius 3 is 2.33 bits per heavy atom. The van der Waals surface area contributed by atoms with Gasteiger partial charge in [-0.25, -0.2) is 4.79 Å². The number of piperazine rings is 1. The van der Waals surface area contributed by atoms with Crippen LogP contribution in [0.1, 0.15) is 64.4 Å². The van der Waals surface area contributed by atoms with Crippen LogP contribution in [0.2, 0.25) is 0 Å². The van der Waals surface area contributed by atoms with Crippen LogP contribution in [0.5, 0.6) is 0 Å². The monoisotopic (exact) mass is 453 g/mol. The largest absolute Gasteiger partial charge is 0.444 e. The molecule has 0 spiro atoms. The summed E-state index contributed by atoms with van der Waals surface area (Å²) in [6.45, 7) is 7.22. The van der Waals surface area contributed by atoms with Crippen molar-refractivity contribution in [1.29, 1.82) is 0 Å². The minimum atomic E-state index is -1.08. The van der Waals surface area contributed by atoms with Crippen LogP contribution in [0.4, 0.5) is 4.79 Å². The van der Waals surface area contributed by atoms with E-state index in [2.05, 4.69) is 4.98 Å². The van der Waals surface area contributed by atoms with Crippen LogP contribution in [0.25, 0.3) is 10.9 Å². The van der Waals surface area contributed by atoms with Gasteiger partial charge in [-0.15, -0.1) is 0 Å². The molecule has 178 valence electrons. The van der Waals surface area contributed by atoms with Gasteiger partial charge in [0.2, 0.25) is 5.91 Å². The second-order valence-corrected chi connectivity index (χ2v) is 10.4. The molecule has 2 amide bonds. The molecule has 1 aliphatic heterocycles. The fourth-order valence-corrected chi connectivity index (χ4v) is 5.00. The second kappa shape index (κ2) is 9.29. The lowest BCUT2D eigenvalue weighted by molar-refractivity contribution is -0.143. The lowest BCUT2D eigenvalue weighted by atomic mass is 9.72. The van der Waals surface area contributed by atoms with E-state index < -0.39 is 17.1 Å². The molecule has 1 atom stereocenters. The smallest absolute Gasteiger partial charge is 0.410 e. The van der Waals surface area contributed by atoms with E-state index in [1.807, 2.05) is 51.1 Å². The van der Waals surface area contributed by atoms with E-state index in [1.165, 1.54) is 0 Å². The summed E-state index contributed by atoms with van der Waals surface area (Å²) in [5, 5.41) is 12.6. The minimum absolute atomic E-state index is 0.0830. The second-order valence-electron chi connectivity index (χ2n) is 10.4. The highest BCUT2D eigenvalue weighted by atomic mass is 16.6. The topological polar surface area (TPSA) is 83.0 Å². The molecular weight excluding hydrogens is 418 g/mol. The summed E-state index contributed by atoms with van der Waals surface area (Å²) in [6.07, 6.45) is 5.50. The summed E-state index contributed by atoms with van der Waals surface area (Å²) in [4.78, 5) is 34.3. The normalized spacial score (nSPS) is 19.9. The molecule has 1 aromatic heterocycles. The molecule has 0 bridgehead atoms. The number of benzene rings is 1. The van der Waals surface area contributed by atoms with Crippen LogP contribution in [0.3, 0.4) is 0 Å². The van der Waals surface area contributed by atoms with E-state index in [4.69, 9.17) is 4.74 Å². The van der Waals surface area contributed by atoms with Crippen LogP contribution < -0.4 is 0 Å². The molecule has 7 heteroatoms. The summed E-state index contributed by atoms with van der Waals surface area (Å²) in [6, 6.07) is 9.82. The molecule has 2 heterocycles. The van der Waals surface area contributed by atoms with Crippen molar-refractivity contribution in [3.8, 4) is 0 Å². The van der Waals surface area contributed by atoms with Gasteiger partial charge in [-0.3, -0.25) is 9.78 Å². The van der Waals surface area contributed by atoms with E-state index in [9.17, 15) is 14.7 Å². The number of para-hydroxylation sites is 1. The fraction of sp³-hybridized carbons (Fsp3) is 0.577. The van der Waals surface area contributed by atoms with Crippen molar-refractivity contribution in [3.63, 3.8) is 0 Å². The Hall–Kier alpha value is -2.67. The Balaban J connectivity index is 1.56. The number of hydrogen-bond acceptors (Lipinski definition) is 5. The van der Waals surface area contributed by atoms with E-state index in [0.29, 0.717) is 39.0 Å². The van der Waals surface area contributed by atoms with Crippen LogP contribution in [0, 0.1) is 0 Å². The van der Waals surface area contributed by atoms with Crippen LogP contribution in [-0.2, 0) is 9.53 Å². The highest BCUT2D eigenvalue weighted by molar-refractivity contribution is 5.87. The summed E-state index contributed by atoms with van der Waals surface area (Å²) in [5.74, 6) is -0.747. The highest BCUT2D eigenvalue weighted by Crippen LogP contribution is 2.41. The molecular formula is C26H35N3O4. The molecule has 1 aromatic carbocycles. The van der Waals surface area contributed by atoms with E-state index in [0.717, 1.165) is 35.7 Å². The maximum Gasteiger partial charge on any atom is 0.410 e. The minimum Gasteiger partial charge on any atom is -0.444 e. The van der Waals surface area contributed by atoms with Crippen molar-refractivity contribution in [1.82, 2.24) is 14.8 Å². The third kappa shape index (κ3) is 5.29. The standard InChI is InChI=1S/C26H35N3O4/c1-25(2,3)33-24(31)29-15-13-28(14-16-29)23(30)22(26(32)11-7-4-8-12-26)20-17-19-9-5-6-10-21(19)27-18-20/h5-6,9-10,17-18,22,32H,4,7-8,11-16H2,1-3H3. The van der Waals surface area contributed by atoms with Gasteiger partial charge in [0.15, 0.2) is 0 Å². The molecule has 1 aliphatic carbocycles. The van der Waals surface area contributed by atoms with Gasteiger partial charge in [0.1, 0.15) is 5.60 Å². The molecule has 1 unspecified atom stereocenters. The van der Waals surface area contributed by atoms with Gasteiger partial charge in [0.25, 0.3) is 0 Å². The first-order valence-corrected chi connectivity index (χ1v) is 12.0. The Morgan fingerprint density at radius 2 is 1.67 bits per heavy atom. The quantitative estimate of drug-likeness (QED) is 0.757. The number of ether oxygens (including phenoxy) is 1. The van der Waals surface area contributed by atoms with Gasteiger partial charge >= 0.3 is 6.09 Å². The summed E-state index contributed by atoms with van der Waals surface area (Å²) in [7, 11) is 0. The zero-order valence-electron chi connectivity index (χ0n) is 19.9. The fourth-order valence-electron chi connectivity index (χ4n) is 5.00. The van der Waals surface area contributed by atoms with Gasteiger partial charge < -0.3 is 19.6 Å². The number of nitrogens with zero attached hydrogens (tertiary/aromatic N) is 3. The summed E-state index contributed by atoms with van der Waals surface area (Å²) in [5.41, 5.74) is -0.00345. The maximum atomic E-state index is 13.8. The lowest BCUT2D eigenvalue weighted by Crippen LogP contribution is -2.55. The average Bonchev–Trinajstić information content (AvgIpc) is 2.78. The van der Waals surface area contributed by atoms with Crippen molar-refractivity contribution in [2.24, 2.45) is 0 Å². The number of hydrogen-bond donors (Lipinski definition) is 1. The van der Waals surface area contributed by atoms with Crippen molar-refractivity contribution >= 4 is 22.9 Å². The number of carbonyl (C=O) groups excluding carboxylic acids is 2. The predicted molar refractivity (Wildman–Crippen MR) is 127 cm³/mol. The van der Waals surface area contributed by atoms with Crippen molar-refractivity contribution in [2.45, 2.75) is 70.0 Å². The van der Waals surface area contributed by atoms with E-state index >= 15 is 0 Å². The van der Waals surface area contributed by atoms with E-state index in [-0.39, 0.29) is 12.0 Å². The predicted octanol–water partition coefficient (Wildman–Crippen LogP) is 4.09. The number of aromatic nitrogens is 1. The first-order valence-electron chi connectivity index (χ1n) is 12.0. The van der Waals surface area contributed by atoms with Gasteiger partial charge in [-0.1, -0.05) is 37.5 Å². The Bertz CT molecular complexity index is 1000. The van der Waals surface area contributed by atoms with Gasteiger partial charge in [-0.2, -0.15) is 0 Å². The molecule has 1 N–H and O–H groups in total. The van der Waals surface area contributed by atoms with Gasteiger partial charge in [0.05, 0.1) is 17.0 Å². The Morgan fingerprint density at radius 1 is 1.03 bits per heavy atom. The third-order valence-electron chi connectivity index (χ3n) is 6.69. The zero-order valence-corrected chi connectivity index (χ0v) is 19.9. The highest BCUT2D eigenvalue weighted by Gasteiger charge is 2.45. The number of pyridine rings is 1. The molecule has 2 aromatic rings. The molecule has 1 saturated heterocycles. The van der Waals surface area contributed by atoms with Gasteiger partial charge in [-0.05, 0) is 51.3 Å². The Kier molecular flexibility index (Phi) is 6.61. The van der Waals surface area contributed by atoms with Crippen molar-refractivity contribution < 1.29 is 19.4 Å². The van der Waals surface area contributed by atoms with Crippen LogP contribution in [-0.4, -0.2) is 69.3 Å². The van der Waals surface area contributed by atoms with E-state index in [1.54, 1.807) is 16.0 Å². The van der Waals surface area contributed by atoms with Crippen LogP contribution in [0.15, 0.2) is 36.5 Å². The van der Waals surface area contributed by atoms with Crippen molar-refractivity contribution in [3.05, 3.63) is 42.1 Å². The molecule has 4 rings (SSSR count). The number of rotatable bonds is 3. The SMILES string of the molecule is CC(C)(C)OC(=O)N1CCN(C(=O)C(c2cnc3ccccc3c2)C2(O)CCCCC2)CC1. The number of aliphatic hydroxyl groups is 1. The maximum absolute atomic E-state index is 13.8. The van der Waals surface area contributed by atoms with Gasteiger partial charge in [0, 0.05) is 37.8 Å². The number of amides is 2. The molecule has 0 radical (unpaired) electrons. The zero-order chi connectivity index (χ0) is 23.6.